The first kappa shape index (κ1) is 7.89. The van der Waals surface area contributed by atoms with Gasteiger partial charge in [-0.05, 0) is 37.8 Å². The van der Waals surface area contributed by atoms with Crippen molar-refractivity contribution in [2.75, 3.05) is 6.50 Å². The second-order valence-corrected chi connectivity index (χ2v) is 3.82. The summed E-state index contributed by atoms with van der Waals surface area (Å²) in [4.78, 5) is 0. The summed E-state index contributed by atoms with van der Waals surface area (Å²) in [5, 5.41) is 2.17. The zero-order valence-corrected chi connectivity index (χ0v) is 11.0. The summed E-state index contributed by atoms with van der Waals surface area (Å²) in [6.07, 6.45) is -11.6. The second kappa shape index (κ2) is 8.43. The van der Waals surface area contributed by atoms with E-state index in [1.807, 2.05) is 0 Å². The van der Waals surface area contributed by atoms with Crippen molar-refractivity contribution in [2.24, 2.45) is 0 Å². The van der Waals surface area contributed by atoms with E-state index in [0.717, 1.165) is 12.1 Å². The number of alkyl halides is 3. The third-order valence-corrected chi connectivity index (χ3v) is 2.24. The third-order valence-electron chi connectivity index (χ3n) is 2.24. The van der Waals surface area contributed by atoms with Crippen molar-refractivity contribution < 1.29 is 25.5 Å². The molecule has 0 saturated heterocycles. The van der Waals surface area contributed by atoms with Crippen molar-refractivity contribution >= 4 is 12.4 Å². The summed E-state index contributed by atoms with van der Waals surface area (Å²) in [6.45, 7) is -5.15. The molecule has 0 heterocycles. The van der Waals surface area contributed by atoms with E-state index in [1.54, 1.807) is 0 Å². The number of hydrogen-bond donors (Lipinski definition) is 1. The molecule has 0 amide bonds. The molecule has 0 aliphatic heterocycles. The minimum atomic E-state index is -4.55. The summed E-state index contributed by atoms with van der Waals surface area (Å²) in [5.41, 5.74) is -0.677. The molecule has 0 aliphatic carbocycles. The standard InChI is InChI=1S/C14H20F3N.ClH/c1-3-4-8-18-11(2)9-12-6-5-7-13(10-12)14(15,16)17;/h5-7,10-11,18H,3-4,8-9H2,1-2H3;1H/i1D3,3D2,4D2,8D2;. The molecule has 1 rings (SSSR count). The van der Waals surface area contributed by atoms with Gasteiger partial charge in [-0.25, -0.2) is 0 Å². The zero-order chi connectivity index (χ0) is 21.5. The summed E-state index contributed by atoms with van der Waals surface area (Å²) >= 11 is 0. The van der Waals surface area contributed by atoms with Crippen LogP contribution >= 0.6 is 12.4 Å². The molecule has 0 bridgehead atoms. The highest BCUT2D eigenvalue weighted by molar-refractivity contribution is 5.85. The predicted molar refractivity (Wildman–Crippen MR) is 74.8 cm³/mol. The Morgan fingerprint density at radius 2 is 2.16 bits per heavy atom. The predicted octanol–water partition coefficient (Wildman–Crippen LogP) is 4.45. The molecule has 1 unspecified atom stereocenters. The average Bonchev–Trinajstić information content (AvgIpc) is 2.44. The number of nitrogens with one attached hydrogen (secondary N) is 1. The topological polar surface area (TPSA) is 12.0 Å². The molecule has 1 atom stereocenters. The smallest absolute Gasteiger partial charge is 0.314 e. The van der Waals surface area contributed by atoms with Crippen molar-refractivity contribution in [3.63, 3.8) is 0 Å². The van der Waals surface area contributed by atoms with Gasteiger partial charge in [0.1, 0.15) is 0 Å². The number of hydrogen-bond acceptors (Lipinski definition) is 1. The summed E-state index contributed by atoms with van der Waals surface area (Å²) in [6, 6.07) is 3.42. The van der Waals surface area contributed by atoms with Crippen LogP contribution in [0.25, 0.3) is 0 Å². The molecule has 5 heteroatoms. The van der Waals surface area contributed by atoms with Crippen LogP contribution in [0.4, 0.5) is 13.2 Å². The molecule has 0 saturated carbocycles. The van der Waals surface area contributed by atoms with Crippen LogP contribution in [0.15, 0.2) is 24.3 Å². The lowest BCUT2D eigenvalue weighted by Gasteiger charge is -2.15. The molecule has 0 aromatic heterocycles. The number of benzene rings is 1. The van der Waals surface area contributed by atoms with E-state index in [-0.39, 0.29) is 24.4 Å². The summed E-state index contributed by atoms with van der Waals surface area (Å²) in [5.74, 6) is 0. The molecule has 19 heavy (non-hydrogen) atoms. The van der Waals surface area contributed by atoms with Gasteiger partial charge in [0.15, 0.2) is 0 Å². The lowest BCUT2D eigenvalue weighted by atomic mass is 10.0. The average molecular weight is 305 g/mol. The van der Waals surface area contributed by atoms with Crippen LogP contribution in [0.1, 0.15) is 50.0 Å². The molecule has 0 fully saturated rings. The van der Waals surface area contributed by atoms with E-state index in [4.69, 9.17) is 12.3 Å². The molecule has 110 valence electrons. The molecule has 0 aliphatic rings. The van der Waals surface area contributed by atoms with Gasteiger partial charge < -0.3 is 5.32 Å². The Balaban J connectivity index is 0.00000729. The van der Waals surface area contributed by atoms with Gasteiger partial charge in [-0.2, -0.15) is 13.2 Å². The molecule has 1 N–H and O–H groups in total. The van der Waals surface area contributed by atoms with E-state index in [2.05, 4.69) is 5.32 Å². The van der Waals surface area contributed by atoms with Crippen LogP contribution in [0.5, 0.6) is 0 Å². The van der Waals surface area contributed by atoms with E-state index >= 15 is 0 Å². The van der Waals surface area contributed by atoms with Gasteiger partial charge >= 0.3 is 6.18 Å². The largest absolute Gasteiger partial charge is 0.416 e. The SMILES string of the molecule is Cl.[2H]C([2H])([2H])C([2H])([2H])C([2H])([2H])C([2H])([2H])NC(C)Cc1cccc(C(F)(F)F)c1. The molecule has 0 spiro atoms. The van der Waals surface area contributed by atoms with Gasteiger partial charge in [-0.1, -0.05) is 31.4 Å². The van der Waals surface area contributed by atoms with Crippen LogP contribution < -0.4 is 5.32 Å². The maximum absolute atomic E-state index is 12.8. The fraction of sp³-hybridized carbons (Fsp3) is 0.571. The van der Waals surface area contributed by atoms with Gasteiger partial charge in [-0.3, -0.25) is 0 Å². The first-order valence-corrected chi connectivity index (χ1v) is 5.27. The Morgan fingerprint density at radius 3 is 2.79 bits per heavy atom. The highest BCUT2D eigenvalue weighted by Crippen LogP contribution is 2.29. The maximum atomic E-state index is 12.8. The van der Waals surface area contributed by atoms with E-state index in [9.17, 15) is 13.2 Å². The van der Waals surface area contributed by atoms with Gasteiger partial charge in [0.05, 0.1) is 5.56 Å². The maximum Gasteiger partial charge on any atom is 0.416 e. The molecular formula is C14H21ClF3N. The molecule has 1 aromatic rings. The Morgan fingerprint density at radius 1 is 1.42 bits per heavy atom. The van der Waals surface area contributed by atoms with Gasteiger partial charge in [0, 0.05) is 18.4 Å². The lowest BCUT2D eigenvalue weighted by Crippen LogP contribution is -2.29. The number of rotatable bonds is 6. The quantitative estimate of drug-likeness (QED) is 0.819. The lowest BCUT2D eigenvalue weighted by molar-refractivity contribution is -0.137. The molecule has 0 radical (unpaired) electrons. The van der Waals surface area contributed by atoms with Crippen LogP contribution in [0.3, 0.4) is 0 Å². The summed E-state index contributed by atoms with van der Waals surface area (Å²) < 4.78 is 106. The Hall–Kier alpha value is -0.740. The van der Waals surface area contributed by atoms with Crippen molar-refractivity contribution in [1.82, 2.24) is 5.32 Å². The Kier molecular flexibility index (Phi) is 3.50. The third kappa shape index (κ3) is 6.83. The molecule has 1 nitrogen and oxygen atoms in total. The van der Waals surface area contributed by atoms with Crippen molar-refractivity contribution in [1.29, 1.82) is 0 Å². The van der Waals surface area contributed by atoms with Crippen molar-refractivity contribution in [3.05, 3.63) is 35.4 Å². The van der Waals surface area contributed by atoms with Gasteiger partial charge in [0.25, 0.3) is 0 Å². The van der Waals surface area contributed by atoms with Crippen LogP contribution in [-0.4, -0.2) is 12.5 Å². The van der Waals surface area contributed by atoms with Gasteiger partial charge in [-0.15, -0.1) is 12.4 Å². The highest BCUT2D eigenvalue weighted by atomic mass is 35.5. The second-order valence-electron chi connectivity index (χ2n) is 3.82. The Bertz CT molecular complexity index is 662. The fourth-order valence-electron chi connectivity index (χ4n) is 1.47. The van der Waals surface area contributed by atoms with Gasteiger partial charge in [0.2, 0.25) is 0 Å². The normalized spacial score (nSPS) is 22.8. The Labute approximate surface area is 131 Å². The monoisotopic (exact) mass is 304 g/mol. The van der Waals surface area contributed by atoms with Crippen molar-refractivity contribution in [2.45, 2.75) is 45.2 Å². The van der Waals surface area contributed by atoms with E-state index in [0.29, 0.717) is 0 Å². The first-order valence-electron chi connectivity index (χ1n) is 9.77. The van der Waals surface area contributed by atoms with E-state index < -0.39 is 43.9 Å². The zero-order valence-electron chi connectivity index (χ0n) is 19.1. The minimum Gasteiger partial charge on any atom is -0.314 e. The number of halogens is 4. The van der Waals surface area contributed by atoms with Crippen LogP contribution in [-0.2, 0) is 12.6 Å². The molecule has 1 aromatic carbocycles. The van der Waals surface area contributed by atoms with Crippen LogP contribution in [0.2, 0.25) is 0 Å². The summed E-state index contributed by atoms with van der Waals surface area (Å²) in [7, 11) is 0. The highest BCUT2D eigenvalue weighted by Gasteiger charge is 2.30. The fourth-order valence-corrected chi connectivity index (χ4v) is 1.47. The van der Waals surface area contributed by atoms with E-state index in [1.165, 1.54) is 19.1 Å². The minimum absolute atomic E-state index is 0. The first-order chi connectivity index (χ1) is 11.8. The van der Waals surface area contributed by atoms with Crippen LogP contribution in [0, 0.1) is 0 Å². The van der Waals surface area contributed by atoms with Crippen molar-refractivity contribution in [3.8, 4) is 0 Å². The molecular weight excluding hydrogens is 275 g/mol.